The van der Waals surface area contributed by atoms with E-state index >= 15 is 0 Å². The van der Waals surface area contributed by atoms with Crippen molar-refractivity contribution in [3.63, 3.8) is 0 Å². The second kappa shape index (κ2) is 20.9. The normalized spacial score (nSPS) is 16.8. The highest BCUT2D eigenvalue weighted by Gasteiger charge is 2.27. The maximum Gasteiger partial charge on any atom is 0.255 e. The first-order valence-corrected chi connectivity index (χ1v) is 15.0. The lowest BCUT2D eigenvalue weighted by Gasteiger charge is -2.28. The lowest BCUT2D eigenvalue weighted by molar-refractivity contribution is -0.132. The summed E-state index contributed by atoms with van der Waals surface area (Å²) in [5.41, 5.74) is 6.85. The Kier molecular flexibility index (Phi) is 18.9. The van der Waals surface area contributed by atoms with Crippen LogP contribution in [0.3, 0.4) is 0 Å². The molecule has 236 valence electrons. The molecule has 1 aromatic rings. The van der Waals surface area contributed by atoms with Gasteiger partial charge in [0, 0.05) is 40.0 Å². The topological polar surface area (TPSA) is 132 Å². The van der Waals surface area contributed by atoms with Gasteiger partial charge in [-0.25, -0.2) is 0 Å². The number of hydrogen-bond acceptors (Lipinski definition) is 7. The number of hydrogen-bond donors (Lipinski definition) is 4. The van der Waals surface area contributed by atoms with Crippen molar-refractivity contribution >= 4 is 24.2 Å². The minimum Gasteiger partial charge on any atom is -0.493 e. The first kappa shape index (κ1) is 37.1. The fourth-order valence-electron chi connectivity index (χ4n) is 5.23. The molecule has 10 heteroatoms. The molecule has 0 radical (unpaired) electrons. The zero-order valence-corrected chi connectivity index (χ0v) is 26.3. The molecule has 0 spiro atoms. The summed E-state index contributed by atoms with van der Waals surface area (Å²) < 4.78 is 16.4. The summed E-state index contributed by atoms with van der Waals surface area (Å²) in [4.78, 5) is 25.7. The average molecular weight is 600 g/mol. The molecule has 2 amide bonds. The first-order chi connectivity index (χ1) is 19.3. The van der Waals surface area contributed by atoms with Crippen molar-refractivity contribution in [3.8, 4) is 5.75 Å². The van der Waals surface area contributed by atoms with Gasteiger partial charge < -0.3 is 35.7 Å². The van der Waals surface area contributed by atoms with Crippen molar-refractivity contribution in [2.45, 2.75) is 89.9 Å². The molecule has 0 aromatic heterocycles. The standard InChI is InChI=1S/C31H53N3O6.ClH/c1-22(2)24(20-33-30(36)25-14-8-9-15-28(25)40-17-11-10-16-38-3)19-26(32)27(35)21-34-31(37)29(39-4)18-23-12-6-5-7-13-23;/h8-9,14-15,22-24,26-27,29,35H,5-7,10-13,16-21,32H2,1-4H3,(H,33,36)(H,34,37);1H/t24?,26?,27?,29-;/m1./s1. The number of methoxy groups -OCH3 is 2. The van der Waals surface area contributed by atoms with Gasteiger partial charge in [0.15, 0.2) is 0 Å². The van der Waals surface area contributed by atoms with Gasteiger partial charge in [-0.2, -0.15) is 0 Å². The maximum atomic E-state index is 13.0. The maximum absolute atomic E-state index is 13.0. The van der Waals surface area contributed by atoms with E-state index in [-0.39, 0.29) is 42.6 Å². The van der Waals surface area contributed by atoms with Crippen LogP contribution in [0.5, 0.6) is 5.75 Å². The predicted molar refractivity (Wildman–Crippen MR) is 165 cm³/mol. The van der Waals surface area contributed by atoms with Crippen LogP contribution in [0.15, 0.2) is 24.3 Å². The molecule has 3 unspecified atom stereocenters. The van der Waals surface area contributed by atoms with E-state index in [1.165, 1.54) is 19.3 Å². The number of halogens is 1. The Balaban J connectivity index is 0.00000840. The molecule has 1 aliphatic carbocycles. The molecular formula is C31H54ClN3O6. The molecule has 1 aromatic carbocycles. The van der Waals surface area contributed by atoms with Crippen molar-refractivity contribution in [1.82, 2.24) is 10.6 Å². The van der Waals surface area contributed by atoms with E-state index in [9.17, 15) is 14.7 Å². The second-order valence-electron chi connectivity index (χ2n) is 11.4. The summed E-state index contributed by atoms with van der Waals surface area (Å²) in [6.45, 7) is 5.82. The van der Waals surface area contributed by atoms with E-state index in [1.807, 2.05) is 12.1 Å². The van der Waals surface area contributed by atoms with Gasteiger partial charge in [-0.15, -0.1) is 12.4 Å². The number of benzene rings is 1. The Hall–Kier alpha value is -1.91. The Morgan fingerprint density at radius 3 is 2.37 bits per heavy atom. The van der Waals surface area contributed by atoms with Gasteiger partial charge >= 0.3 is 0 Å². The zero-order chi connectivity index (χ0) is 29.3. The van der Waals surface area contributed by atoms with E-state index in [1.54, 1.807) is 26.4 Å². The summed E-state index contributed by atoms with van der Waals surface area (Å²) in [6, 6.07) is 6.67. The number of nitrogens with one attached hydrogen (secondary N) is 2. The Morgan fingerprint density at radius 2 is 1.71 bits per heavy atom. The number of nitrogens with two attached hydrogens (primary N) is 1. The van der Waals surface area contributed by atoms with E-state index in [2.05, 4.69) is 24.5 Å². The number of rotatable bonds is 19. The Morgan fingerprint density at radius 1 is 1.02 bits per heavy atom. The van der Waals surface area contributed by atoms with Crippen molar-refractivity contribution in [2.75, 3.05) is 40.5 Å². The minimum atomic E-state index is -0.902. The third-order valence-electron chi connectivity index (χ3n) is 8.00. The number of aliphatic hydroxyl groups excluding tert-OH is 1. The van der Waals surface area contributed by atoms with Crippen molar-refractivity contribution in [1.29, 1.82) is 0 Å². The number of carbonyl (C=O) groups excluding carboxylic acids is 2. The van der Waals surface area contributed by atoms with Gasteiger partial charge in [0.2, 0.25) is 5.91 Å². The molecule has 2 rings (SSSR count). The summed E-state index contributed by atoms with van der Waals surface area (Å²) in [6.07, 6.45) is 7.50. The number of ether oxygens (including phenoxy) is 3. The average Bonchev–Trinajstić information content (AvgIpc) is 2.96. The van der Waals surface area contributed by atoms with Crippen molar-refractivity contribution in [2.24, 2.45) is 23.5 Å². The van der Waals surface area contributed by atoms with Gasteiger partial charge in [-0.3, -0.25) is 9.59 Å². The summed E-state index contributed by atoms with van der Waals surface area (Å²) in [7, 11) is 3.23. The Labute approximate surface area is 253 Å². The SMILES string of the molecule is COCCCCOc1ccccc1C(=O)NCC(CC(N)C(O)CNC(=O)[C@@H](CC1CCCCC1)OC)C(C)C.Cl. The number of amides is 2. The predicted octanol–water partition coefficient (Wildman–Crippen LogP) is 4.10. The molecule has 0 heterocycles. The first-order valence-electron chi connectivity index (χ1n) is 15.0. The van der Waals surface area contributed by atoms with Crippen LogP contribution in [0.4, 0.5) is 0 Å². The summed E-state index contributed by atoms with van der Waals surface area (Å²) >= 11 is 0. The van der Waals surface area contributed by atoms with E-state index in [4.69, 9.17) is 19.9 Å². The molecule has 1 fully saturated rings. The van der Waals surface area contributed by atoms with Crippen LogP contribution in [-0.2, 0) is 14.3 Å². The number of unbranched alkanes of at least 4 members (excludes halogenated alkanes) is 1. The van der Waals surface area contributed by atoms with Crippen LogP contribution < -0.4 is 21.1 Å². The highest BCUT2D eigenvalue weighted by atomic mass is 35.5. The van der Waals surface area contributed by atoms with E-state index in [0.717, 1.165) is 25.7 Å². The highest BCUT2D eigenvalue weighted by molar-refractivity contribution is 5.96. The summed E-state index contributed by atoms with van der Waals surface area (Å²) in [5, 5.41) is 16.6. The lowest BCUT2D eigenvalue weighted by Crippen LogP contribution is -2.48. The number of para-hydroxylation sites is 1. The van der Waals surface area contributed by atoms with Crippen LogP contribution in [0.1, 0.15) is 82.0 Å². The van der Waals surface area contributed by atoms with Crippen LogP contribution in [0.2, 0.25) is 0 Å². The smallest absolute Gasteiger partial charge is 0.255 e. The molecule has 1 saturated carbocycles. The molecular weight excluding hydrogens is 546 g/mol. The van der Waals surface area contributed by atoms with Crippen molar-refractivity contribution in [3.05, 3.63) is 29.8 Å². The molecule has 4 atom stereocenters. The zero-order valence-electron chi connectivity index (χ0n) is 25.4. The van der Waals surface area contributed by atoms with Crippen LogP contribution in [0.25, 0.3) is 0 Å². The van der Waals surface area contributed by atoms with Crippen LogP contribution >= 0.6 is 12.4 Å². The molecule has 5 N–H and O–H groups in total. The largest absolute Gasteiger partial charge is 0.493 e. The van der Waals surface area contributed by atoms with E-state index < -0.39 is 18.2 Å². The van der Waals surface area contributed by atoms with Gasteiger partial charge in [-0.05, 0) is 55.6 Å². The third-order valence-corrected chi connectivity index (χ3v) is 8.00. The lowest BCUT2D eigenvalue weighted by atomic mass is 9.85. The van der Waals surface area contributed by atoms with Crippen molar-refractivity contribution < 1.29 is 28.9 Å². The number of carbonyl (C=O) groups is 2. The Bertz CT molecular complexity index is 868. The van der Waals surface area contributed by atoms with Gasteiger partial charge in [0.25, 0.3) is 5.91 Å². The van der Waals surface area contributed by atoms with Crippen LogP contribution in [0, 0.1) is 17.8 Å². The van der Waals surface area contributed by atoms with Gasteiger partial charge in [-0.1, -0.05) is 58.1 Å². The second-order valence-corrected chi connectivity index (χ2v) is 11.4. The quantitative estimate of drug-likeness (QED) is 0.176. The fourth-order valence-corrected chi connectivity index (χ4v) is 5.23. The molecule has 0 aliphatic heterocycles. The van der Waals surface area contributed by atoms with Crippen LogP contribution in [-0.4, -0.2) is 75.7 Å². The number of aliphatic hydroxyl groups is 1. The molecule has 0 bridgehead atoms. The molecule has 9 nitrogen and oxygen atoms in total. The molecule has 0 saturated heterocycles. The van der Waals surface area contributed by atoms with E-state index in [0.29, 0.717) is 49.8 Å². The monoisotopic (exact) mass is 599 g/mol. The highest BCUT2D eigenvalue weighted by Crippen LogP contribution is 2.28. The molecule has 41 heavy (non-hydrogen) atoms. The molecule has 1 aliphatic rings. The summed E-state index contributed by atoms with van der Waals surface area (Å²) in [5.74, 6) is 0.935. The minimum absolute atomic E-state index is 0. The third kappa shape index (κ3) is 13.7. The van der Waals surface area contributed by atoms with Gasteiger partial charge in [0.1, 0.15) is 11.9 Å². The fraction of sp³-hybridized carbons (Fsp3) is 0.742. The van der Waals surface area contributed by atoms with Gasteiger partial charge in [0.05, 0.1) is 18.3 Å².